The third-order valence-corrected chi connectivity index (χ3v) is 8.68. The first-order valence-corrected chi connectivity index (χ1v) is 22.0. The summed E-state index contributed by atoms with van der Waals surface area (Å²) in [6.45, 7) is 1.45. The third kappa shape index (κ3) is 40.3. The minimum absolute atomic E-state index is 0.0262. The molecule has 0 aliphatic carbocycles. The third-order valence-electron chi connectivity index (χ3n) is 7.70. The number of hydrogen-bond acceptors (Lipinski definition) is 9. The quantitative estimate of drug-likeness (QED) is 0.0239. The highest BCUT2D eigenvalue weighted by Gasteiger charge is 2.25. The second-order valence-corrected chi connectivity index (χ2v) is 14.3. The normalized spacial score (nSPS) is 14.4. The molecule has 11 heteroatoms. The Labute approximate surface area is 338 Å². The number of carbonyl (C=O) groups is 2. The summed E-state index contributed by atoms with van der Waals surface area (Å²) in [4.78, 5) is 34.8. The van der Waals surface area contributed by atoms with Gasteiger partial charge in [0.25, 0.3) is 0 Å². The van der Waals surface area contributed by atoms with E-state index in [-0.39, 0.29) is 39.2 Å². The van der Waals surface area contributed by atoms with Gasteiger partial charge in [0.1, 0.15) is 6.61 Å². The zero-order chi connectivity index (χ0) is 41.1. The van der Waals surface area contributed by atoms with Crippen molar-refractivity contribution >= 4 is 19.8 Å². The van der Waals surface area contributed by atoms with E-state index in [1.807, 2.05) is 18.2 Å². The maximum atomic E-state index is 12.5. The molecule has 56 heavy (non-hydrogen) atoms. The van der Waals surface area contributed by atoms with Gasteiger partial charge in [-0.05, 0) is 96.3 Å². The standard InChI is InChI=1S/C45H72NO9P/c1-2-3-4-5-6-7-8-9-10-12-16-19-22-25-28-31-34-37-45(49)55-43(42-54-56(50,51)53-40-38-46)41-52-44(48)36-33-30-27-24-21-18-15-13-11-14-17-20-23-26-29-32-35-39-47/h3-4,6-7,9-11,14-16,18-20,23-25,27-28,43,47H,2,5,8,12-13,17,21-22,26,29-42,46H2,1H3,(H,50,51)/b4-3-,7-6-,10-9-,14-11-,18-15-,19-16-,23-20-,27-24-,28-25-/t43-/m1/s1. The van der Waals surface area contributed by atoms with E-state index in [9.17, 15) is 19.0 Å². The Morgan fingerprint density at radius 2 is 1.00 bits per heavy atom. The summed E-state index contributed by atoms with van der Waals surface area (Å²) in [5.41, 5.74) is 5.33. The number of ether oxygens (including phenoxy) is 2. The number of phosphoric ester groups is 1. The molecule has 0 aliphatic rings. The SMILES string of the molecule is CC/C=C\C/C=C\C/C=C\C/C=C\C/C=C\CCCC(=O)O[C@H](COC(=O)CCC/C=C\C/C=C\C/C=C\C/C=C\CCCCCO)COP(=O)(O)OCCN. The van der Waals surface area contributed by atoms with Crippen LogP contribution in [0.25, 0.3) is 0 Å². The zero-order valence-electron chi connectivity index (χ0n) is 34.0. The monoisotopic (exact) mass is 801 g/mol. The van der Waals surface area contributed by atoms with E-state index in [0.717, 1.165) is 77.0 Å². The van der Waals surface area contributed by atoms with Crippen LogP contribution in [0.2, 0.25) is 0 Å². The first-order valence-electron chi connectivity index (χ1n) is 20.5. The Bertz CT molecular complexity index is 1280. The average molecular weight is 802 g/mol. The largest absolute Gasteiger partial charge is 0.472 e. The molecule has 0 aromatic carbocycles. The van der Waals surface area contributed by atoms with Crippen molar-refractivity contribution in [2.45, 2.75) is 129 Å². The number of allylic oxidation sites excluding steroid dienone is 18. The van der Waals surface area contributed by atoms with Crippen molar-refractivity contribution in [2.75, 3.05) is 33.0 Å². The van der Waals surface area contributed by atoms with Crippen molar-refractivity contribution in [3.05, 3.63) is 109 Å². The van der Waals surface area contributed by atoms with Crippen LogP contribution in [0.3, 0.4) is 0 Å². The van der Waals surface area contributed by atoms with E-state index in [0.29, 0.717) is 25.7 Å². The van der Waals surface area contributed by atoms with Crippen molar-refractivity contribution in [3.63, 3.8) is 0 Å². The number of esters is 2. The van der Waals surface area contributed by atoms with Crippen LogP contribution in [0.15, 0.2) is 109 Å². The van der Waals surface area contributed by atoms with Crippen molar-refractivity contribution in [3.8, 4) is 0 Å². The molecular formula is C45H72NO9P. The van der Waals surface area contributed by atoms with Crippen LogP contribution < -0.4 is 5.73 Å². The number of rotatable bonds is 37. The van der Waals surface area contributed by atoms with E-state index < -0.39 is 32.5 Å². The van der Waals surface area contributed by atoms with Crippen molar-refractivity contribution < 1.29 is 42.7 Å². The molecule has 0 fully saturated rings. The van der Waals surface area contributed by atoms with Crippen LogP contribution in [-0.2, 0) is 32.7 Å². The number of aliphatic hydroxyl groups is 1. The van der Waals surface area contributed by atoms with E-state index in [4.69, 9.17) is 29.4 Å². The maximum Gasteiger partial charge on any atom is 0.472 e. The summed E-state index contributed by atoms with van der Waals surface area (Å²) in [7, 11) is -4.42. The molecule has 0 saturated carbocycles. The minimum atomic E-state index is -4.42. The lowest BCUT2D eigenvalue weighted by Crippen LogP contribution is -2.29. The second-order valence-electron chi connectivity index (χ2n) is 12.8. The molecule has 316 valence electrons. The van der Waals surface area contributed by atoms with Crippen LogP contribution in [0.1, 0.15) is 122 Å². The lowest BCUT2D eigenvalue weighted by atomic mass is 10.2. The molecule has 0 bridgehead atoms. The summed E-state index contributed by atoms with van der Waals surface area (Å²) in [5, 5.41) is 8.78. The topological polar surface area (TPSA) is 155 Å². The number of unbranched alkanes of at least 4 members (excludes halogenated alkanes) is 5. The highest BCUT2D eigenvalue weighted by Crippen LogP contribution is 2.43. The van der Waals surface area contributed by atoms with Gasteiger partial charge in [-0.2, -0.15) is 0 Å². The van der Waals surface area contributed by atoms with Gasteiger partial charge in [-0.1, -0.05) is 123 Å². The molecule has 4 N–H and O–H groups in total. The molecule has 0 spiro atoms. The van der Waals surface area contributed by atoms with Crippen molar-refractivity contribution in [1.29, 1.82) is 0 Å². The lowest BCUT2D eigenvalue weighted by Gasteiger charge is -2.19. The first-order chi connectivity index (χ1) is 27.3. The van der Waals surface area contributed by atoms with Gasteiger partial charge in [-0.15, -0.1) is 0 Å². The van der Waals surface area contributed by atoms with Crippen LogP contribution in [0.4, 0.5) is 0 Å². The van der Waals surface area contributed by atoms with E-state index in [2.05, 4.69) is 98.1 Å². The molecule has 0 aromatic rings. The molecule has 0 rings (SSSR count). The van der Waals surface area contributed by atoms with Gasteiger partial charge in [-0.25, -0.2) is 4.57 Å². The summed E-state index contributed by atoms with van der Waals surface area (Å²) in [5.74, 6) is -0.991. The van der Waals surface area contributed by atoms with Gasteiger partial charge in [0.2, 0.25) is 0 Å². The highest BCUT2D eigenvalue weighted by atomic mass is 31.2. The van der Waals surface area contributed by atoms with Crippen LogP contribution in [0, 0.1) is 0 Å². The Morgan fingerprint density at radius 3 is 1.45 bits per heavy atom. The van der Waals surface area contributed by atoms with Gasteiger partial charge in [0.15, 0.2) is 6.10 Å². The van der Waals surface area contributed by atoms with Crippen LogP contribution in [0.5, 0.6) is 0 Å². The first kappa shape index (κ1) is 52.6. The Hall–Kier alpha value is -3.37. The molecule has 10 nitrogen and oxygen atoms in total. The predicted octanol–water partition coefficient (Wildman–Crippen LogP) is 10.6. The van der Waals surface area contributed by atoms with E-state index >= 15 is 0 Å². The van der Waals surface area contributed by atoms with Crippen LogP contribution in [-0.4, -0.2) is 61.0 Å². The smallest absolute Gasteiger partial charge is 0.462 e. The second kappa shape index (κ2) is 41.3. The number of nitrogens with two attached hydrogens (primary N) is 1. The molecule has 0 heterocycles. The zero-order valence-corrected chi connectivity index (χ0v) is 34.9. The highest BCUT2D eigenvalue weighted by molar-refractivity contribution is 7.47. The van der Waals surface area contributed by atoms with Crippen molar-refractivity contribution in [1.82, 2.24) is 0 Å². The van der Waals surface area contributed by atoms with E-state index in [1.165, 1.54) is 0 Å². The van der Waals surface area contributed by atoms with Gasteiger partial charge >= 0.3 is 19.8 Å². The molecule has 0 amide bonds. The lowest BCUT2D eigenvalue weighted by molar-refractivity contribution is -0.161. The summed E-state index contributed by atoms with van der Waals surface area (Å²) < 4.78 is 32.6. The van der Waals surface area contributed by atoms with Gasteiger partial charge in [0.05, 0.1) is 13.2 Å². The number of carbonyl (C=O) groups excluding carboxylic acids is 2. The molecule has 2 atom stereocenters. The van der Waals surface area contributed by atoms with Gasteiger partial charge < -0.3 is 25.2 Å². The predicted molar refractivity (Wildman–Crippen MR) is 230 cm³/mol. The number of aliphatic hydroxyl groups excluding tert-OH is 1. The maximum absolute atomic E-state index is 12.5. The van der Waals surface area contributed by atoms with Crippen LogP contribution >= 0.6 is 7.82 Å². The summed E-state index contributed by atoms with van der Waals surface area (Å²) in [6, 6.07) is 0. The minimum Gasteiger partial charge on any atom is -0.462 e. The molecular weight excluding hydrogens is 729 g/mol. The Kier molecular flexibility index (Phi) is 38.8. The molecule has 1 unspecified atom stereocenters. The fourth-order valence-corrected chi connectivity index (χ4v) is 5.46. The summed E-state index contributed by atoms with van der Waals surface area (Å²) in [6.07, 6.45) is 51.5. The fraction of sp³-hybridized carbons (Fsp3) is 0.556. The number of phosphoric acid groups is 1. The number of hydrogen-bond donors (Lipinski definition) is 3. The Morgan fingerprint density at radius 1 is 0.571 bits per heavy atom. The van der Waals surface area contributed by atoms with Crippen molar-refractivity contribution in [2.24, 2.45) is 5.73 Å². The molecule has 0 aliphatic heterocycles. The molecule has 0 radical (unpaired) electrons. The Balaban J connectivity index is 4.40. The molecule has 0 aromatic heterocycles. The average Bonchev–Trinajstić information content (AvgIpc) is 3.18. The summed E-state index contributed by atoms with van der Waals surface area (Å²) >= 11 is 0. The van der Waals surface area contributed by atoms with E-state index in [1.54, 1.807) is 0 Å². The van der Waals surface area contributed by atoms with Gasteiger partial charge in [-0.3, -0.25) is 18.6 Å². The molecule has 0 saturated heterocycles. The fourth-order valence-electron chi connectivity index (χ4n) is 4.70. The van der Waals surface area contributed by atoms with Gasteiger partial charge in [0, 0.05) is 26.0 Å².